The maximum absolute atomic E-state index is 17.3. The number of rotatable bonds is 10. The zero-order chi connectivity index (χ0) is 39.3. The van der Waals surface area contributed by atoms with Crippen LogP contribution in [0.4, 0.5) is 25.2 Å². The number of carbonyl (C=O) groups excluding carboxylic acids is 1. The summed E-state index contributed by atoms with van der Waals surface area (Å²) in [5, 5.41) is 0.466. The van der Waals surface area contributed by atoms with Gasteiger partial charge in [0.15, 0.2) is 5.82 Å². The Morgan fingerprint density at radius 2 is 1.41 bits per heavy atom. The van der Waals surface area contributed by atoms with Gasteiger partial charge in [-0.25, -0.2) is 14.2 Å². The highest BCUT2D eigenvalue weighted by molar-refractivity contribution is 5.95. The summed E-state index contributed by atoms with van der Waals surface area (Å²) >= 11 is 0. The molecule has 1 amide bonds. The highest BCUT2D eigenvalue weighted by Crippen LogP contribution is 2.48. The van der Waals surface area contributed by atoms with Crippen LogP contribution in [-0.4, -0.2) is 70.9 Å². The molecule has 2 atom stereocenters. The van der Waals surface area contributed by atoms with Crippen LogP contribution in [0.2, 0.25) is 0 Å². The predicted molar refractivity (Wildman–Crippen MR) is 212 cm³/mol. The van der Waals surface area contributed by atoms with Crippen molar-refractivity contribution in [1.82, 2.24) is 19.9 Å². The maximum Gasteiger partial charge on any atom is 0.410 e. The van der Waals surface area contributed by atoms with Crippen LogP contribution in [0.15, 0.2) is 66.7 Å². The van der Waals surface area contributed by atoms with Gasteiger partial charge in [-0.1, -0.05) is 24.3 Å². The Morgan fingerprint density at radius 3 is 1.95 bits per heavy atom. The van der Waals surface area contributed by atoms with Crippen molar-refractivity contribution in [3.8, 4) is 22.8 Å². The molecule has 0 N–H and O–H groups in total. The third kappa shape index (κ3) is 7.66. The van der Waals surface area contributed by atoms with Gasteiger partial charge in [-0.05, 0) is 124 Å². The lowest BCUT2D eigenvalue weighted by atomic mass is 9.95. The van der Waals surface area contributed by atoms with E-state index >= 15 is 8.78 Å². The molecule has 10 nitrogen and oxygen atoms in total. The minimum Gasteiger partial charge on any atom is -0.497 e. The molecule has 0 radical (unpaired) electrons. The molecule has 3 fully saturated rings. The largest absolute Gasteiger partial charge is 0.497 e. The first kappa shape index (κ1) is 37.4. The van der Waals surface area contributed by atoms with E-state index in [1.165, 1.54) is 0 Å². The summed E-state index contributed by atoms with van der Waals surface area (Å²) in [4.78, 5) is 32.7. The predicted octanol–water partition coefficient (Wildman–Crippen LogP) is 8.97. The molecule has 56 heavy (non-hydrogen) atoms. The van der Waals surface area contributed by atoms with Crippen LogP contribution in [-0.2, 0) is 17.8 Å². The summed E-state index contributed by atoms with van der Waals surface area (Å²) in [5.41, 5.74) is 3.97. The first-order valence-corrected chi connectivity index (χ1v) is 19.3. The smallest absolute Gasteiger partial charge is 0.410 e. The van der Waals surface area contributed by atoms with Gasteiger partial charge in [-0.15, -0.1) is 0 Å². The second-order valence-corrected chi connectivity index (χ2v) is 16.3. The molecule has 0 spiro atoms. The molecule has 2 saturated heterocycles. The number of ether oxygens (including phenoxy) is 3. The molecule has 2 unspecified atom stereocenters. The molecule has 1 aliphatic carbocycles. The van der Waals surface area contributed by atoms with Crippen molar-refractivity contribution in [1.29, 1.82) is 0 Å². The number of carbonyl (C=O) groups is 1. The first-order valence-electron chi connectivity index (χ1n) is 19.3. The highest BCUT2D eigenvalue weighted by atomic mass is 19.1. The Balaban J connectivity index is 1.18. The van der Waals surface area contributed by atoms with E-state index in [0.29, 0.717) is 54.5 Å². The van der Waals surface area contributed by atoms with Crippen molar-refractivity contribution in [3.05, 3.63) is 101 Å². The molecule has 2 aliphatic heterocycles. The Bertz CT molecular complexity index is 2190. The molecule has 3 aliphatic rings. The Kier molecular flexibility index (Phi) is 9.92. The van der Waals surface area contributed by atoms with Crippen LogP contribution >= 0.6 is 0 Å². The minimum atomic E-state index is -0.999. The van der Waals surface area contributed by atoms with Gasteiger partial charge >= 0.3 is 12.2 Å². The molecular weight excluding hydrogens is 715 g/mol. The van der Waals surface area contributed by atoms with Crippen LogP contribution in [0, 0.1) is 18.8 Å². The number of piperazine rings is 1. The Morgan fingerprint density at radius 1 is 0.821 bits per heavy atom. The summed E-state index contributed by atoms with van der Waals surface area (Å²) in [7, 11) is 3.29. The van der Waals surface area contributed by atoms with Crippen LogP contribution in [0.5, 0.6) is 11.5 Å². The first-order chi connectivity index (χ1) is 26.9. The fraction of sp³-hybridized carbons (Fsp3) is 0.409. The number of anilines is 2. The third-order valence-electron chi connectivity index (χ3n) is 10.9. The fourth-order valence-electron chi connectivity index (χ4n) is 8.17. The topological polar surface area (TPSA) is 93.2 Å². The molecule has 8 rings (SSSR count). The number of halogens is 2. The van der Waals surface area contributed by atoms with Crippen LogP contribution in [0.3, 0.4) is 0 Å². The van der Waals surface area contributed by atoms with Gasteiger partial charge in [-0.2, -0.15) is 14.4 Å². The fourth-order valence-corrected chi connectivity index (χ4v) is 8.17. The number of methoxy groups -OCH3 is 2. The Hall–Kier alpha value is -5.52. The average molecular weight is 763 g/mol. The minimum absolute atomic E-state index is 0.0769. The molecular formula is C44H48F2N6O4. The number of nitrogens with zero attached hydrogens (tertiary/aromatic N) is 6. The number of fused-ring (bicyclic) bond motifs is 3. The average Bonchev–Trinajstić information content (AvgIpc) is 3.98. The number of aryl methyl sites for hydroxylation is 1. The van der Waals surface area contributed by atoms with Gasteiger partial charge in [0, 0.05) is 37.1 Å². The van der Waals surface area contributed by atoms with E-state index < -0.39 is 17.5 Å². The van der Waals surface area contributed by atoms with Crippen molar-refractivity contribution in [2.75, 3.05) is 37.1 Å². The van der Waals surface area contributed by atoms with Crippen LogP contribution < -0.4 is 19.3 Å². The molecule has 292 valence electrons. The van der Waals surface area contributed by atoms with E-state index in [-0.39, 0.29) is 29.6 Å². The normalized spacial score (nSPS) is 18.0. The maximum atomic E-state index is 17.3. The third-order valence-corrected chi connectivity index (χ3v) is 10.9. The van der Waals surface area contributed by atoms with Gasteiger partial charge in [-0.3, -0.25) is 4.90 Å². The lowest BCUT2D eigenvalue weighted by molar-refractivity contribution is 0.0122. The van der Waals surface area contributed by atoms with E-state index in [0.717, 1.165) is 59.4 Å². The standard InChI is InChI=1S/C44H48F2N6O4/c1-26-19-36(47-37(20-26)50(22-27-7-15-32(54-5)16-8-27)23-28-9-17-33(55-6)18-10-28)38-34(29-11-12-29)21-35-40(39(38)45)48-42(46)49-41(35)51-24-30-13-14-31(25-51)52(30)43(53)56-44(2,3)4/h7-10,15-21,29-31H,11-14,22-25H2,1-6H3. The summed E-state index contributed by atoms with van der Waals surface area (Å²) in [5.74, 6) is 2.09. The number of pyridine rings is 1. The molecule has 2 bridgehead atoms. The van der Waals surface area contributed by atoms with E-state index in [2.05, 4.69) is 14.9 Å². The quantitative estimate of drug-likeness (QED) is 0.129. The van der Waals surface area contributed by atoms with E-state index in [1.54, 1.807) is 14.2 Å². The summed E-state index contributed by atoms with van der Waals surface area (Å²) in [6.45, 7) is 9.48. The van der Waals surface area contributed by atoms with E-state index in [9.17, 15) is 4.79 Å². The second-order valence-electron chi connectivity index (χ2n) is 16.3. The van der Waals surface area contributed by atoms with Crippen LogP contribution in [0.25, 0.3) is 22.2 Å². The molecule has 12 heteroatoms. The molecule has 5 aromatic rings. The summed E-state index contributed by atoms with van der Waals surface area (Å²) in [6, 6.07) is 21.5. The van der Waals surface area contributed by atoms with Crippen molar-refractivity contribution in [2.24, 2.45) is 0 Å². The van der Waals surface area contributed by atoms with Gasteiger partial charge in [0.2, 0.25) is 0 Å². The Labute approximate surface area is 326 Å². The number of hydrogen-bond donors (Lipinski definition) is 0. The van der Waals surface area contributed by atoms with Crippen LogP contribution in [0.1, 0.15) is 74.6 Å². The monoisotopic (exact) mass is 762 g/mol. The lowest BCUT2D eigenvalue weighted by Gasteiger charge is -2.42. The van der Waals surface area contributed by atoms with E-state index in [1.807, 2.05) is 104 Å². The van der Waals surface area contributed by atoms with Gasteiger partial charge in [0.25, 0.3) is 0 Å². The summed E-state index contributed by atoms with van der Waals surface area (Å²) in [6.07, 6.45) is 2.08. The van der Waals surface area contributed by atoms with Crippen molar-refractivity contribution in [2.45, 2.75) is 90.1 Å². The highest BCUT2D eigenvalue weighted by Gasteiger charge is 2.45. The number of amides is 1. The number of aromatic nitrogens is 3. The van der Waals surface area contributed by atoms with Crippen molar-refractivity contribution >= 4 is 28.6 Å². The second kappa shape index (κ2) is 14.9. The lowest BCUT2D eigenvalue weighted by Crippen LogP contribution is -2.57. The molecule has 4 heterocycles. The van der Waals surface area contributed by atoms with Gasteiger partial charge < -0.3 is 24.0 Å². The van der Waals surface area contributed by atoms with Gasteiger partial charge in [0.05, 0.1) is 32.0 Å². The number of hydrogen-bond acceptors (Lipinski definition) is 9. The van der Waals surface area contributed by atoms with Crippen molar-refractivity contribution < 1.29 is 27.8 Å². The molecule has 3 aromatic carbocycles. The SMILES string of the molecule is COc1ccc(CN(Cc2ccc(OC)cc2)c2cc(C)cc(-c3c(C4CC4)cc4c(N5CC6CCC(C5)N6C(=O)OC(C)(C)C)nc(F)nc4c3F)n2)cc1. The molecule has 2 aromatic heterocycles. The van der Waals surface area contributed by atoms with Crippen molar-refractivity contribution in [3.63, 3.8) is 0 Å². The van der Waals surface area contributed by atoms with E-state index in [4.69, 9.17) is 19.2 Å². The number of benzene rings is 3. The van der Waals surface area contributed by atoms with Gasteiger partial charge in [0.1, 0.15) is 34.3 Å². The molecule has 1 saturated carbocycles. The summed E-state index contributed by atoms with van der Waals surface area (Å²) < 4.78 is 49.3. The zero-order valence-corrected chi connectivity index (χ0v) is 32.8. The zero-order valence-electron chi connectivity index (χ0n) is 32.8.